The van der Waals surface area contributed by atoms with Crippen molar-refractivity contribution < 1.29 is 17.9 Å². The van der Waals surface area contributed by atoms with Crippen molar-refractivity contribution in [3.05, 3.63) is 35.1 Å². The third-order valence-corrected chi connectivity index (χ3v) is 6.97. The van der Waals surface area contributed by atoms with Gasteiger partial charge in [-0.05, 0) is 49.2 Å². The van der Waals surface area contributed by atoms with Crippen molar-refractivity contribution in [1.29, 1.82) is 0 Å². The highest BCUT2D eigenvalue weighted by Crippen LogP contribution is 2.31. The van der Waals surface area contributed by atoms with E-state index in [0.717, 1.165) is 5.39 Å². The maximum atomic E-state index is 13.4. The molecule has 1 aliphatic rings. The van der Waals surface area contributed by atoms with E-state index in [0.29, 0.717) is 35.9 Å². The zero-order valence-corrected chi connectivity index (χ0v) is 18.6. The Bertz CT molecular complexity index is 983. The van der Waals surface area contributed by atoms with Gasteiger partial charge in [-0.25, -0.2) is 13.2 Å². The molecule has 1 fully saturated rings. The minimum Gasteiger partial charge on any atom is -0.444 e. The smallest absolute Gasteiger partial charge is 0.410 e. The molecule has 1 saturated heterocycles. The Morgan fingerprint density at radius 3 is 2.61 bits per heavy atom. The zero-order chi connectivity index (χ0) is 20.5. The largest absolute Gasteiger partial charge is 0.444 e. The molecule has 3 rings (SSSR count). The number of amides is 1. The molecule has 0 bridgehead atoms. The lowest BCUT2D eigenvalue weighted by Gasteiger charge is -2.26. The number of pyridine rings is 1. The summed E-state index contributed by atoms with van der Waals surface area (Å²) in [5, 5.41) is 1.37. The average Bonchev–Trinajstić information content (AvgIpc) is 2.87. The number of nitrogens with zero attached hydrogens (tertiary/aromatic N) is 3. The molecular weight excluding hydrogens is 446 g/mol. The van der Waals surface area contributed by atoms with Gasteiger partial charge >= 0.3 is 6.09 Å². The Balaban J connectivity index is 1.85. The minimum absolute atomic E-state index is 0.223. The molecule has 1 amide bonds. The summed E-state index contributed by atoms with van der Waals surface area (Å²) in [7, 11) is -3.72. The lowest BCUT2D eigenvalue weighted by Crippen LogP contribution is -2.40. The van der Waals surface area contributed by atoms with E-state index in [1.165, 1.54) is 4.31 Å². The predicted octanol–water partition coefficient (Wildman–Crippen LogP) is 3.63. The molecule has 2 aromatic rings. The first-order chi connectivity index (χ1) is 13.1. The topological polar surface area (TPSA) is 79.8 Å². The number of sulfonamides is 1. The van der Waals surface area contributed by atoms with Crippen LogP contribution in [-0.2, 0) is 14.8 Å². The number of hydrogen-bond acceptors (Lipinski definition) is 5. The van der Waals surface area contributed by atoms with E-state index in [1.807, 2.05) is 26.8 Å². The highest BCUT2D eigenvalue weighted by Gasteiger charge is 2.31. The molecular formula is C19H24BrN3O4S. The number of hydrogen-bond donors (Lipinski definition) is 0. The van der Waals surface area contributed by atoms with Crippen LogP contribution in [0.1, 0.15) is 27.2 Å². The molecule has 1 aliphatic heterocycles. The summed E-state index contributed by atoms with van der Waals surface area (Å²) in [6, 6.07) is 5.16. The van der Waals surface area contributed by atoms with Crippen LogP contribution in [0.5, 0.6) is 0 Å². The van der Waals surface area contributed by atoms with Crippen LogP contribution in [0.4, 0.5) is 4.79 Å². The molecule has 7 nitrogen and oxygen atoms in total. The summed E-state index contributed by atoms with van der Waals surface area (Å²) in [5.74, 6) is 0. The Kier molecular flexibility index (Phi) is 5.97. The molecule has 0 saturated carbocycles. The summed E-state index contributed by atoms with van der Waals surface area (Å²) >= 11 is 3.42. The quantitative estimate of drug-likeness (QED) is 0.670. The maximum Gasteiger partial charge on any atom is 0.410 e. The molecule has 0 unspecified atom stereocenters. The van der Waals surface area contributed by atoms with Crippen LogP contribution in [0.15, 0.2) is 40.0 Å². The summed E-state index contributed by atoms with van der Waals surface area (Å²) in [6.45, 7) is 6.76. The van der Waals surface area contributed by atoms with Crippen molar-refractivity contribution in [2.45, 2.75) is 37.7 Å². The Labute approximate surface area is 173 Å². The van der Waals surface area contributed by atoms with Gasteiger partial charge in [0.2, 0.25) is 10.0 Å². The zero-order valence-electron chi connectivity index (χ0n) is 16.2. The highest BCUT2D eigenvalue weighted by molar-refractivity contribution is 9.10. The van der Waals surface area contributed by atoms with Crippen LogP contribution in [0, 0.1) is 0 Å². The van der Waals surface area contributed by atoms with Crippen molar-refractivity contribution in [2.75, 3.05) is 26.2 Å². The normalized spacial score (nSPS) is 16.8. The van der Waals surface area contributed by atoms with Gasteiger partial charge in [0.05, 0.1) is 4.90 Å². The molecule has 28 heavy (non-hydrogen) atoms. The molecule has 9 heteroatoms. The van der Waals surface area contributed by atoms with E-state index in [9.17, 15) is 13.2 Å². The second kappa shape index (κ2) is 7.96. The monoisotopic (exact) mass is 469 g/mol. The number of benzene rings is 1. The van der Waals surface area contributed by atoms with E-state index < -0.39 is 21.7 Å². The van der Waals surface area contributed by atoms with E-state index in [-0.39, 0.29) is 11.4 Å². The minimum atomic E-state index is -3.72. The Morgan fingerprint density at radius 1 is 1.14 bits per heavy atom. The summed E-state index contributed by atoms with van der Waals surface area (Å²) in [6.07, 6.45) is 3.37. The molecule has 1 aromatic heterocycles. The number of rotatable bonds is 2. The lowest BCUT2D eigenvalue weighted by molar-refractivity contribution is 0.0260. The number of aromatic nitrogens is 1. The maximum absolute atomic E-state index is 13.4. The number of ether oxygens (including phenoxy) is 1. The molecule has 0 spiro atoms. The van der Waals surface area contributed by atoms with Gasteiger partial charge in [0.25, 0.3) is 0 Å². The van der Waals surface area contributed by atoms with Crippen molar-refractivity contribution in [3.8, 4) is 0 Å². The summed E-state index contributed by atoms with van der Waals surface area (Å²) < 4.78 is 34.2. The second-order valence-corrected chi connectivity index (χ2v) is 10.5. The van der Waals surface area contributed by atoms with Gasteiger partial charge < -0.3 is 9.64 Å². The fourth-order valence-corrected chi connectivity index (χ4v) is 5.55. The number of carbonyl (C=O) groups is 1. The van der Waals surface area contributed by atoms with Gasteiger partial charge in [0.15, 0.2) is 0 Å². The van der Waals surface area contributed by atoms with Gasteiger partial charge in [0, 0.05) is 53.8 Å². The third-order valence-electron chi connectivity index (χ3n) is 4.42. The van der Waals surface area contributed by atoms with Gasteiger partial charge in [-0.3, -0.25) is 4.98 Å². The van der Waals surface area contributed by atoms with Crippen LogP contribution < -0.4 is 0 Å². The molecule has 0 N–H and O–H groups in total. The third kappa shape index (κ3) is 4.47. The second-order valence-electron chi connectivity index (χ2n) is 7.70. The number of fused-ring (bicyclic) bond motifs is 1. The molecule has 2 heterocycles. The fourth-order valence-electron chi connectivity index (χ4n) is 3.16. The van der Waals surface area contributed by atoms with Crippen LogP contribution in [0.3, 0.4) is 0 Å². The first-order valence-corrected chi connectivity index (χ1v) is 11.3. The van der Waals surface area contributed by atoms with E-state index in [4.69, 9.17) is 4.74 Å². The van der Waals surface area contributed by atoms with Crippen LogP contribution >= 0.6 is 15.9 Å². The lowest BCUT2D eigenvalue weighted by atomic mass is 10.2. The predicted molar refractivity (Wildman–Crippen MR) is 111 cm³/mol. The van der Waals surface area contributed by atoms with Crippen molar-refractivity contribution >= 4 is 42.8 Å². The first-order valence-electron chi connectivity index (χ1n) is 9.10. The summed E-state index contributed by atoms with van der Waals surface area (Å²) in [4.78, 5) is 18.3. The molecule has 0 radical (unpaired) electrons. The van der Waals surface area contributed by atoms with Crippen molar-refractivity contribution in [2.24, 2.45) is 0 Å². The average molecular weight is 470 g/mol. The van der Waals surface area contributed by atoms with E-state index in [1.54, 1.807) is 29.4 Å². The van der Waals surface area contributed by atoms with Crippen LogP contribution in [0.2, 0.25) is 0 Å². The first kappa shape index (κ1) is 21.0. The number of halogens is 1. The standard InChI is InChI=1S/C19H24BrN3O4S/c1-19(2,3)27-18(24)22-8-5-9-23(11-10-22)28(25,26)16-7-4-6-14-12-21-13-15(20)17(14)16/h4,6-7,12-13H,5,8-11H2,1-3H3. The molecule has 0 atom stereocenters. The fraction of sp³-hybridized carbons (Fsp3) is 0.474. The molecule has 1 aromatic carbocycles. The molecule has 0 aliphatic carbocycles. The van der Waals surface area contributed by atoms with Crippen molar-refractivity contribution in [3.63, 3.8) is 0 Å². The van der Waals surface area contributed by atoms with Gasteiger partial charge in [-0.1, -0.05) is 12.1 Å². The highest BCUT2D eigenvalue weighted by atomic mass is 79.9. The van der Waals surface area contributed by atoms with Gasteiger partial charge in [-0.15, -0.1) is 0 Å². The number of carbonyl (C=O) groups excluding carboxylic acids is 1. The van der Waals surface area contributed by atoms with Gasteiger partial charge in [-0.2, -0.15) is 4.31 Å². The van der Waals surface area contributed by atoms with Crippen LogP contribution in [0.25, 0.3) is 10.8 Å². The van der Waals surface area contributed by atoms with E-state index in [2.05, 4.69) is 20.9 Å². The summed E-state index contributed by atoms with van der Waals surface area (Å²) in [5.41, 5.74) is -0.585. The Hall–Kier alpha value is -1.71. The van der Waals surface area contributed by atoms with E-state index >= 15 is 0 Å². The van der Waals surface area contributed by atoms with Gasteiger partial charge in [0.1, 0.15) is 5.60 Å². The van der Waals surface area contributed by atoms with Crippen LogP contribution in [-0.4, -0.2) is 60.5 Å². The SMILES string of the molecule is CC(C)(C)OC(=O)N1CCCN(S(=O)(=O)c2cccc3cncc(Br)c23)CC1. The molecule has 152 valence electrons. The van der Waals surface area contributed by atoms with Crippen molar-refractivity contribution in [1.82, 2.24) is 14.2 Å². The Morgan fingerprint density at radius 2 is 1.89 bits per heavy atom.